The first-order chi connectivity index (χ1) is 11.9. The number of nitrogens with one attached hydrogen (secondary N) is 3. The largest absolute Gasteiger partial charge is 0.454 e. The number of H-pyrrole nitrogens is 2. The van der Waals surface area contributed by atoms with Gasteiger partial charge in [0.15, 0.2) is 11.5 Å². The van der Waals surface area contributed by atoms with Gasteiger partial charge in [-0.05, 0) is 42.3 Å². The Morgan fingerprint density at radius 3 is 2.60 bits per heavy atom. The number of imidazole rings is 1. The first-order valence-electron chi connectivity index (χ1n) is 7.53. The van der Waals surface area contributed by atoms with E-state index < -0.39 is 10.0 Å². The van der Waals surface area contributed by atoms with Crippen molar-refractivity contribution in [1.29, 1.82) is 0 Å². The number of hydrogen-bond acceptors (Lipinski definition) is 5. The number of aryl methyl sites for hydroxylation is 1. The van der Waals surface area contributed by atoms with E-state index in [1.807, 2.05) is 0 Å². The van der Waals surface area contributed by atoms with E-state index in [4.69, 9.17) is 9.47 Å². The Hall–Kier alpha value is -2.78. The summed E-state index contributed by atoms with van der Waals surface area (Å²) in [6.07, 6.45) is 0. The quantitative estimate of drug-likeness (QED) is 0.650. The number of fused-ring (bicyclic) bond motifs is 2. The highest BCUT2D eigenvalue weighted by Crippen LogP contribution is 2.32. The van der Waals surface area contributed by atoms with Crippen molar-refractivity contribution in [2.75, 3.05) is 6.79 Å². The maximum absolute atomic E-state index is 12.6. The second kappa shape index (κ2) is 5.64. The van der Waals surface area contributed by atoms with E-state index in [0.29, 0.717) is 28.1 Å². The zero-order valence-corrected chi connectivity index (χ0v) is 14.1. The molecule has 0 aliphatic carbocycles. The van der Waals surface area contributed by atoms with Crippen LogP contribution >= 0.6 is 0 Å². The summed E-state index contributed by atoms with van der Waals surface area (Å²) in [5.41, 5.74) is 1.93. The monoisotopic (exact) mass is 361 g/mol. The third-order valence-electron chi connectivity index (χ3n) is 4.00. The van der Waals surface area contributed by atoms with E-state index >= 15 is 0 Å². The standard InChI is InChI=1S/C16H15N3O5S/c1-9-4-11-12(19-16(20)18-11)6-15(9)25(21,22)17-7-10-2-3-13-14(5-10)24-8-23-13/h2-6,17H,7-8H2,1H3,(H2,18,19,20). The zero-order chi connectivity index (χ0) is 17.6. The van der Waals surface area contributed by atoms with Crippen LogP contribution in [0.2, 0.25) is 0 Å². The lowest BCUT2D eigenvalue weighted by Crippen LogP contribution is -2.24. The number of aromatic nitrogens is 2. The van der Waals surface area contributed by atoms with Crippen molar-refractivity contribution in [3.05, 3.63) is 51.9 Å². The summed E-state index contributed by atoms with van der Waals surface area (Å²) >= 11 is 0. The minimum Gasteiger partial charge on any atom is -0.454 e. The van der Waals surface area contributed by atoms with Gasteiger partial charge in [0.05, 0.1) is 15.9 Å². The summed E-state index contributed by atoms with van der Waals surface area (Å²) in [5.74, 6) is 1.24. The SMILES string of the molecule is Cc1cc2[nH]c(=O)[nH]c2cc1S(=O)(=O)NCc1ccc2c(c1)OCO2. The minimum absolute atomic E-state index is 0.111. The number of benzene rings is 2. The van der Waals surface area contributed by atoms with E-state index in [2.05, 4.69) is 14.7 Å². The van der Waals surface area contributed by atoms with Gasteiger partial charge in [-0.15, -0.1) is 0 Å². The highest BCUT2D eigenvalue weighted by atomic mass is 32.2. The highest BCUT2D eigenvalue weighted by molar-refractivity contribution is 7.89. The van der Waals surface area contributed by atoms with E-state index in [-0.39, 0.29) is 23.9 Å². The van der Waals surface area contributed by atoms with Crippen molar-refractivity contribution < 1.29 is 17.9 Å². The molecule has 8 nitrogen and oxygen atoms in total. The molecule has 0 unspecified atom stereocenters. The smallest absolute Gasteiger partial charge is 0.323 e. The topological polar surface area (TPSA) is 113 Å². The molecule has 1 aromatic heterocycles. The molecule has 0 saturated carbocycles. The molecule has 0 atom stereocenters. The lowest BCUT2D eigenvalue weighted by Gasteiger charge is -2.10. The van der Waals surface area contributed by atoms with Crippen LogP contribution in [0.1, 0.15) is 11.1 Å². The fourth-order valence-corrected chi connectivity index (χ4v) is 4.04. The van der Waals surface area contributed by atoms with Crippen molar-refractivity contribution in [2.24, 2.45) is 0 Å². The minimum atomic E-state index is -3.74. The molecule has 9 heteroatoms. The van der Waals surface area contributed by atoms with Gasteiger partial charge < -0.3 is 19.4 Å². The van der Waals surface area contributed by atoms with Crippen LogP contribution in [-0.2, 0) is 16.6 Å². The fourth-order valence-electron chi connectivity index (χ4n) is 2.77. The Morgan fingerprint density at radius 2 is 1.80 bits per heavy atom. The van der Waals surface area contributed by atoms with E-state index in [0.717, 1.165) is 5.56 Å². The molecule has 0 fully saturated rings. The van der Waals surface area contributed by atoms with Gasteiger partial charge in [-0.25, -0.2) is 17.9 Å². The van der Waals surface area contributed by atoms with Crippen LogP contribution in [0.4, 0.5) is 0 Å². The van der Waals surface area contributed by atoms with Crippen molar-refractivity contribution in [1.82, 2.24) is 14.7 Å². The molecule has 0 spiro atoms. The molecule has 130 valence electrons. The molecule has 3 N–H and O–H groups in total. The lowest BCUT2D eigenvalue weighted by atomic mass is 10.2. The third kappa shape index (κ3) is 2.87. The van der Waals surface area contributed by atoms with Crippen LogP contribution in [0.5, 0.6) is 11.5 Å². The Kier molecular flexibility index (Phi) is 3.55. The van der Waals surface area contributed by atoms with Gasteiger partial charge in [-0.1, -0.05) is 6.07 Å². The molecule has 0 radical (unpaired) electrons. The maximum atomic E-state index is 12.6. The summed E-state index contributed by atoms with van der Waals surface area (Å²) < 4.78 is 38.4. The van der Waals surface area contributed by atoms with Crippen LogP contribution in [0.25, 0.3) is 11.0 Å². The molecule has 0 amide bonds. The summed E-state index contributed by atoms with van der Waals surface area (Å²) in [6, 6.07) is 8.33. The Balaban J connectivity index is 1.61. The van der Waals surface area contributed by atoms with Crippen LogP contribution in [0, 0.1) is 6.92 Å². The first kappa shape index (κ1) is 15.7. The van der Waals surface area contributed by atoms with Crippen molar-refractivity contribution in [3.8, 4) is 11.5 Å². The Morgan fingerprint density at radius 1 is 1.08 bits per heavy atom. The number of sulfonamides is 1. The summed E-state index contributed by atoms with van der Waals surface area (Å²) in [5, 5.41) is 0. The molecule has 1 aliphatic heterocycles. The average molecular weight is 361 g/mol. The Bertz CT molecular complexity index is 1130. The normalized spacial score (nSPS) is 13.5. The number of aromatic amines is 2. The molecule has 1 aliphatic rings. The molecule has 2 aromatic carbocycles. The summed E-state index contributed by atoms with van der Waals surface area (Å²) in [7, 11) is -3.74. The summed E-state index contributed by atoms with van der Waals surface area (Å²) in [6.45, 7) is 1.96. The average Bonchev–Trinajstić information content (AvgIpc) is 3.16. The Labute approximate surface area is 142 Å². The molecule has 0 bridgehead atoms. The molecule has 0 saturated heterocycles. The van der Waals surface area contributed by atoms with Crippen LogP contribution < -0.4 is 19.9 Å². The number of hydrogen-bond donors (Lipinski definition) is 3. The van der Waals surface area contributed by atoms with Gasteiger partial charge >= 0.3 is 5.69 Å². The molecular weight excluding hydrogens is 346 g/mol. The predicted molar refractivity (Wildman–Crippen MR) is 90.2 cm³/mol. The lowest BCUT2D eigenvalue weighted by molar-refractivity contribution is 0.174. The van der Waals surface area contributed by atoms with Crippen molar-refractivity contribution >= 4 is 21.1 Å². The second-order valence-corrected chi connectivity index (χ2v) is 7.49. The molecule has 4 rings (SSSR count). The van der Waals surface area contributed by atoms with Gasteiger partial charge in [0.25, 0.3) is 0 Å². The van der Waals surface area contributed by atoms with Gasteiger partial charge in [-0.3, -0.25) is 0 Å². The van der Waals surface area contributed by atoms with Crippen LogP contribution in [-0.4, -0.2) is 25.2 Å². The highest BCUT2D eigenvalue weighted by Gasteiger charge is 2.19. The zero-order valence-electron chi connectivity index (χ0n) is 13.3. The third-order valence-corrected chi connectivity index (χ3v) is 5.55. The second-order valence-electron chi connectivity index (χ2n) is 5.75. The summed E-state index contributed by atoms with van der Waals surface area (Å²) in [4.78, 5) is 16.7. The van der Waals surface area contributed by atoms with Gasteiger partial charge in [0.1, 0.15) is 0 Å². The van der Waals surface area contributed by atoms with Crippen molar-refractivity contribution in [2.45, 2.75) is 18.4 Å². The fraction of sp³-hybridized carbons (Fsp3) is 0.188. The van der Waals surface area contributed by atoms with Gasteiger partial charge in [0, 0.05) is 6.54 Å². The van der Waals surface area contributed by atoms with Gasteiger partial charge in [-0.2, -0.15) is 0 Å². The predicted octanol–water partition coefficient (Wildman–Crippen LogP) is 1.37. The number of ether oxygens (including phenoxy) is 2. The molecule has 2 heterocycles. The molecule has 25 heavy (non-hydrogen) atoms. The van der Waals surface area contributed by atoms with E-state index in [9.17, 15) is 13.2 Å². The number of rotatable bonds is 4. The molecular formula is C16H15N3O5S. The van der Waals surface area contributed by atoms with E-state index in [1.54, 1.807) is 31.2 Å². The van der Waals surface area contributed by atoms with E-state index in [1.165, 1.54) is 6.07 Å². The van der Waals surface area contributed by atoms with Gasteiger partial charge in [0.2, 0.25) is 16.8 Å². The van der Waals surface area contributed by atoms with Crippen molar-refractivity contribution in [3.63, 3.8) is 0 Å². The van der Waals surface area contributed by atoms with Crippen LogP contribution in [0.3, 0.4) is 0 Å². The first-order valence-corrected chi connectivity index (χ1v) is 9.01. The molecule has 3 aromatic rings. The van der Waals surface area contributed by atoms with Crippen LogP contribution in [0.15, 0.2) is 40.0 Å². The maximum Gasteiger partial charge on any atom is 0.323 e.